The summed E-state index contributed by atoms with van der Waals surface area (Å²) in [5.41, 5.74) is 2.06. The second-order valence-electron chi connectivity index (χ2n) is 3.27. The standard InChI is InChI=1S/C10H8BrNO3/c1-5-2-3-6-7(4-5)15-12-9(6)8(11)10(13)14/h2-4,8H,1H3,(H,13,14). The average Bonchev–Trinajstić information content (AvgIpc) is 2.59. The van der Waals surface area contributed by atoms with Crippen molar-refractivity contribution >= 4 is 32.9 Å². The molecule has 2 rings (SSSR count). The van der Waals surface area contributed by atoms with Crippen molar-refractivity contribution in [2.45, 2.75) is 11.8 Å². The molecule has 0 aliphatic rings. The third-order valence-corrected chi connectivity index (χ3v) is 2.94. The number of aliphatic carboxylic acids is 1. The van der Waals surface area contributed by atoms with Gasteiger partial charge in [-0.05, 0) is 24.6 Å². The average molecular weight is 270 g/mol. The molecule has 1 atom stereocenters. The molecule has 0 amide bonds. The van der Waals surface area contributed by atoms with Crippen molar-refractivity contribution in [3.63, 3.8) is 0 Å². The van der Waals surface area contributed by atoms with E-state index in [4.69, 9.17) is 9.63 Å². The molecule has 0 bridgehead atoms. The molecule has 4 nitrogen and oxygen atoms in total. The van der Waals surface area contributed by atoms with Gasteiger partial charge >= 0.3 is 5.97 Å². The van der Waals surface area contributed by atoms with E-state index in [0.29, 0.717) is 11.3 Å². The van der Waals surface area contributed by atoms with E-state index < -0.39 is 10.8 Å². The number of aryl methyl sites for hydroxylation is 1. The van der Waals surface area contributed by atoms with Gasteiger partial charge in [-0.3, -0.25) is 4.79 Å². The normalized spacial score (nSPS) is 12.9. The number of rotatable bonds is 2. The smallest absolute Gasteiger partial charge is 0.323 e. The molecule has 1 aromatic heterocycles. The van der Waals surface area contributed by atoms with E-state index in [-0.39, 0.29) is 0 Å². The second kappa shape index (κ2) is 3.66. The predicted molar refractivity (Wildman–Crippen MR) is 58.0 cm³/mol. The Bertz CT molecular complexity index is 520. The van der Waals surface area contributed by atoms with Gasteiger partial charge in [0.15, 0.2) is 10.4 Å². The van der Waals surface area contributed by atoms with Gasteiger partial charge < -0.3 is 9.63 Å². The van der Waals surface area contributed by atoms with E-state index in [1.165, 1.54) is 0 Å². The molecular weight excluding hydrogens is 262 g/mol. The van der Waals surface area contributed by atoms with Crippen LogP contribution in [0.5, 0.6) is 0 Å². The van der Waals surface area contributed by atoms with Crippen LogP contribution in [0.1, 0.15) is 16.1 Å². The number of nitrogens with zero attached hydrogens (tertiary/aromatic N) is 1. The number of halogens is 1. The van der Waals surface area contributed by atoms with E-state index in [0.717, 1.165) is 10.9 Å². The Hall–Kier alpha value is -1.36. The van der Waals surface area contributed by atoms with E-state index in [2.05, 4.69) is 21.1 Å². The van der Waals surface area contributed by atoms with Crippen LogP contribution >= 0.6 is 15.9 Å². The summed E-state index contributed by atoms with van der Waals surface area (Å²) in [5, 5.41) is 13.3. The number of fused-ring (bicyclic) bond motifs is 1. The highest BCUT2D eigenvalue weighted by Gasteiger charge is 2.22. The molecule has 1 unspecified atom stereocenters. The molecule has 15 heavy (non-hydrogen) atoms. The van der Waals surface area contributed by atoms with Crippen molar-refractivity contribution < 1.29 is 14.4 Å². The summed E-state index contributed by atoms with van der Waals surface area (Å²) in [6.07, 6.45) is 0. The van der Waals surface area contributed by atoms with E-state index in [1.807, 2.05) is 25.1 Å². The molecule has 0 saturated carbocycles. The third kappa shape index (κ3) is 1.74. The minimum atomic E-state index is -0.981. The first-order chi connectivity index (χ1) is 7.09. The molecule has 2 aromatic rings. The monoisotopic (exact) mass is 269 g/mol. The number of hydrogen-bond donors (Lipinski definition) is 1. The predicted octanol–water partition coefficient (Wildman–Crippen LogP) is 2.66. The Balaban J connectivity index is 2.59. The maximum atomic E-state index is 10.8. The van der Waals surface area contributed by atoms with Gasteiger partial charge in [0.05, 0.1) is 0 Å². The van der Waals surface area contributed by atoms with Gasteiger partial charge in [0, 0.05) is 5.39 Å². The molecule has 1 aromatic carbocycles. The lowest BCUT2D eigenvalue weighted by Gasteiger charge is -1.99. The zero-order chi connectivity index (χ0) is 11.0. The van der Waals surface area contributed by atoms with Crippen molar-refractivity contribution in [2.24, 2.45) is 0 Å². The zero-order valence-electron chi connectivity index (χ0n) is 7.90. The number of carbonyl (C=O) groups is 1. The molecule has 0 radical (unpaired) electrons. The van der Waals surface area contributed by atoms with Crippen molar-refractivity contribution in [2.75, 3.05) is 0 Å². The number of carboxylic acid groups (broad SMARTS) is 1. The lowest BCUT2D eigenvalue weighted by molar-refractivity contribution is -0.136. The van der Waals surface area contributed by atoms with Crippen LogP contribution in [0.15, 0.2) is 22.7 Å². The van der Waals surface area contributed by atoms with Gasteiger partial charge in [-0.1, -0.05) is 27.2 Å². The summed E-state index contributed by atoms with van der Waals surface area (Å²) < 4.78 is 5.06. The molecular formula is C10H8BrNO3. The summed E-state index contributed by atoms with van der Waals surface area (Å²) in [6, 6.07) is 5.53. The topological polar surface area (TPSA) is 63.3 Å². The van der Waals surface area contributed by atoms with Gasteiger partial charge in [-0.2, -0.15) is 0 Å². The highest BCUT2D eigenvalue weighted by molar-refractivity contribution is 9.09. The first kappa shape index (κ1) is 10.2. The van der Waals surface area contributed by atoms with Gasteiger partial charge in [-0.25, -0.2) is 0 Å². The first-order valence-corrected chi connectivity index (χ1v) is 5.24. The largest absolute Gasteiger partial charge is 0.480 e. The first-order valence-electron chi connectivity index (χ1n) is 4.32. The van der Waals surface area contributed by atoms with Crippen LogP contribution < -0.4 is 0 Å². The second-order valence-corrected chi connectivity index (χ2v) is 4.18. The molecule has 5 heteroatoms. The van der Waals surface area contributed by atoms with E-state index in [1.54, 1.807) is 0 Å². The third-order valence-electron chi connectivity index (χ3n) is 2.11. The van der Waals surface area contributed by atoms with Crippen LogP contribution in [0, 0.1) is 6.92 Å². The van der Waals surface area contributed by atoms with Gasteiger partial charge in [-0.15, -0.1) is 0 Å². The summed E-state index contributed by atoms with van der Waals surface area (Å²) in [5.74, 6) is -0.981. The van der Waals surface area contributed by atoms with Crippen molar-refractivity contribution in [1.29, 1.82) is 0 Å². The highest BCUT2D eigenvalue weighted by atomic mass is 79.9. The maximum Gasteiger partial charge on any atom is 0.323 e. The summed E-state index contributed by atoms with van der Waals surface area (Å²) in [6.45, 7) is 1.93. The quantitative estimate of drug-likeness (QED) is 0.852. The number of aromatic nitrogens is 1. The highest BCUT2D eigenvalue weighted by Crippen LogP contribution is 2.29. The van der Waals surface area contributed by atoms with Crippen LogP contribution in [0.25, 0.3) is 11.0 Å². The molecule has 1 N–H and O–H groups in total. The van der Waals surface area contributed by atoms with Crippen LogP contribution in [-0.4, -0.2) is 16.2 Å². The van der Waals surface area contributed by atoms with Crippen LogP contribution in [-0.2, 0) is 4.79 Å². The van der Waals surface area contributed by atoms with Gasteiger partial charge in [0.2, 0.25) is 0 Å². The maximum absolute atomic E-state index is 10.8. The molecule has 0 spiro atoms. The van der Waals surface area contributed by atoms with Crippen molar-refractivity contribution in [3.8, 4) is 0 Å². The number of carboxylic acids is 1. The summed E-state index contributed by atoms with van der Waals surface area (Å²) >= 11 is 3.05. The summed E-state index contributed by atoms with van der Waals surface area (Å²) in [4.78, 5) is 9.95. The van der Waals surface area contributed by atoms with Crippen LogP contribution in [0.4, 0.5) is 0 Å². The fourth-order valence-corrected chi connectivity index (χ4v) is 1.69. The van der Waals surface area contributed by atoms with E-state index in [9.17, 15) is 4.79 Å². The van der Waals surface area contributed by atoms with Crippen molar-refractivity contribution in [1.82, 2.24) is 5.16 Å². The molecule has 0 aliphatic carbocycles. The SMILES string of the molecule is Cc1ccc2c(C(Br)C(=O)O)noc2c1. The van der Waals surface area contributed by atoms with Crippen LogP contribution in [0.2, 0.25) is 0 Å². The van der Waals surface area contributed by atoms with Crippen molar-refractivity contribution in [3.05, 3.63) is 29.5 Å². The Morgan fingerprint density at radius 3 is 3.00 bits per heavy atom. The van der Waals surface area contributed by atoms with E-state index >= 15 is 0 Å². The summed E-state index contributed by atoms with van der Waals surface area (Å²) in [7, 11) is 0. The fourth-order valence-electron chi connectivity index (χ4n) is 1.36. The number of benzene rings is 1. The Kier molecular flexibility index (Phi) is 2.48. The Labute approximate surface area is 94.0 Å². The lowest BCUT2D eigenvalue weighted by Crippen LogP contribution is -2.04. The van der Waals surface area contributed by atoms with Crippen LogP contribution in [0.3, 0.4) is 0 Å². The molecule has 1 heterocycles. The number of hydrogen-bond acceptors (Lipinski definition) is 3. The Morgan fingerprint density at radius 1 is 1.60 bits per heavy atom. The number of alkyl halides is 1. The Morgan fingerprint density at radius 2 is 2.33 bits per heavy atom. The molecule has 0 fully saturated rings. The molecule has 0 saturated heterocycles. The minimum absolute atomic E-state index is 0.400. The minimum Gasteiger partial charge on any atom is -0.480 e. The molecule has 0 aliphatic heterocycles. The zero-order valence-corrected chi connectivity index (χ0v) is 9.48. The van der Waals surface area contributed by atoms with Gasteiger partial charge in [0.1, 0.15) is 5.69 Å². The molecule has 78 valence electrons. The van der Waals surface area contributed by atoms with Gasteiger partial charge in [0.25, 0.3) is 0 Å². The lowest BCUT2D eigenvalue weighted by atomic mass is 10.1. The fraction of sp³-hybridized carbons (Fsp3) is 0.200.